The van der Waals surface area contributed by atoms with E-state index in [1.165, 1.54) is 0 Å². The highest BCUT2D eigenvalue weighted by Crippen LogP contribution is 2.15. The molecule has 5 heteroatoms. The van der Waals surface area contributed by atoms with Crippen LogP contribution in [0.3, 0.4) is 0 Å². The van der Waals surface area contributed by atoms with Gasteiger partial charge >= 0.3 is 0 Å². The van der Waals surface area contributed by atoms with Crippen molar-refractivity contribution in [3.05, 3.63) is 36.5 Å². The fourth-order valence-corrected chi connectivity index (χ4v) is 2.73. The van der Waals surface area contributed by atoms with Crippen molar-refractivity contribution in [1.82, 2.24) is 9.88 Å². The van der Waals surface area contributed by atoms with E-state index in [1.807, 2.05) is 48.0 Å². The Kier molecular flexibility index (Phi) is 4.22. The van der Waals surface area contributed by atoms with E-state index < -0.39 is 0 Å². The predicted octanol–water partition coefficient (Wildman–Crippen LogP) is 1.56. The highest BCUT2D eigenvalue weighted by Gasteiger charge is 2.29. The molecule has 1 fully saturated rings. The minimum Gasteiger partial charge on any atom is -0.376 e. The minimum atomic E-state index is -0.0562. The summed E-state index contributed by atoms with van der Waals surface area (Å²) in [5, 5.41) is 4.15. The average molecular weight is 288 g/mol. The summed E-state index contributed by atoms with van der Waals surface area (Å²) < 4.78 is 12.9. The first-order chi connectivity index (χ1) is 10.3. The van der Waals surface area contributed by atoms with Crippen LogP contribution < -0.4 is 5.32 Å². The molecular weight excluding hydrogens is 268 g/mol. The van der Waals surface area contributed by atoms with Gasteiger partial charge in [0, 0.05) is 18.3 Å². The number of rotatable bonds is 5. The van der Waals surface area contributed by atoms with Gasteiger partial charge in [-0.25, -0.2) is 0 Å². The second-order valence-electron chi connectivity index (χ2n) is 5.21. The Bertz CT molecular complexity index is 623. The molecule has 112 valence electrons. The Morgan fingerprint density at radius 2 is 2.24 bits per heavy atom. The molecule has 2 heterocycles. The van der Waals surface area contributed by atoms with Gasteiger partial charge < -0.3 is 19.4 Å². The number of nitrogens with one attached hydrogen (secondary N) is 1. The highest BCUT2D eigenvalue weighted by molar-refractivity contribution is 5.83. The summed E-state index contributed by atoms with van der Waals surface area (Å²) in [6.07, 6.45) is 1.90. The zero-order chi connectivity index (χ0) is 14.7. The summed E-state index contributed by atoms with van der Waals surface area (Å²) in [7, 11) is 0. The van der Waals surface area contributed by atoms with Crippen LogP contribution in [-0.2, 0) is 20.8 Å². The maximum atomic E-state index is 12.2. The third kappa shape index (κ3) is 3.09. The number of nitrogens with zero attached hydrogens (tertiary/aromatic N) is 1. The minimum absolute atomic E-state index is 0.0171. The number of hydrogen-bond acceptors (Lipinski definition) is 3. The summed E-state index contributed by atoms with van der Waals surface area (Å²) in [6, 6.07) is 10.00. The van der Waals surface area contributed by atoms with E-state index in [9.17, 15) is 4.79 Å². The monoisotopic (exact) mass is 288 g/mol. The first-order valence-corrected chi connectivity index (χ1v) is 7.30. The number of para-hydroxylation sites is 1. The molecule has 0 unspecified atom stereocenters. The maximum absolute atomic E-state index is 12.2. The molecule has 1 aliphatic heterocycles. The van der Waals surface area contributed by atoms with Crippen LogP contribution in [0.15, 0.2) is 36.5 Å². The SMILES string of the molecule is CCO[C@H]1COC[C@@H]1NC(=O)Cn1ccc2ccccc21. The van der Waals surface area contributed by atoms with Crippen LogP contribution in [0.2, 0.25) is 0 Å². The topological polar surface area (TPSA) is 52.5 Å². The second kappa shape index (κ2) is 6.28. The molecule has 0 radical (unpaired) electrons. The van der Waals surface area contributed by atoms with Crippen molar-refractivity contribution < 1.29 is 14.3 Å². The largest absolute Gasteiger partial charge is 0.376 e. The molecule has 0 saturated carbocycles. The van der Waals surface area contributed by atoms with Crippen LogP contribution in [-0.4, -0.2) is 42.4 Å². The van der Waals surface area contributed by atoms with E-state index in [1.54, 1.807) is 0 Å². The number of carbonyl (C=O) groups excluding carboxylic acids is 1. The van der Waals surface area contributed by atoms with Crippen molar-refractivity contribution in [2.45, 2.75) is 25.6 Å². The highest BCUT2D eigenvalue weighted by atomic mass is 16.5. The Morgan fingerprint density at radius 3 is 3.10 bits per heavy atom. The Labute approximate surface area is 123 Å². The number of amides is 1. The molecule has 21 heavy (non-hydrogen) atoms. The summed E-state index contributed by atoms with van der Waals surface area (Å²) >= 11 is 0. The lowest BCUT2D eigenvalue weighted by Gasteiger charge is -2.19. The summed E-state index contributed by atoms with van der Waals surface area (Å²) in [5.74, 6) is -0.0171. The lowest BCUT2D eigenvalue weighted by Crippen LogP contribution is -2.44. The fraction of sp³-hybridized carbons (Fsp3) is 0.438. The Hall–Kier alpha value is -1.85. The van der Waals surface area contributed by atoms with Gasteiger partial charge in [0.2, 0.25) is 5.91 Å². The van der Waals surface area contributed by atoms with Gasteiger partial charge in [0.15, 0.2) is 0 Å². The van der Waals surface area contributed by atoms with Gasteiger partial charge in [0.1, 0.15) is 12.6 Å². The second-order valence-corrected chi connectivity index (χ2v) is 5.21. The van der Waals surface area contributed by atoms with E-state index in [4.69, 9.17) is 9.47 Å². The van der Waals surface area contributed by atoms with Crippen LogP contribution in [0.4, 0.5) is 0 Å². The third-order valence-corrected chi connectivity index (χ3v) is 3.75. The molecule has 1 aliphatic rings. The Balaban J connectivity index is 1.64. The van der Waals surface area contributed by atoms with Gasteiger partial charge in [-0.3, -0.25) is 4.79 Å². The molecule has 2 atom stereocenters. The van der Waals surface area contributed by atoms with Gasteiger partial charge in [-0.15, -0.1) is 0 Å². The van der Waals surface area contributed by atoms with E-state index in [2.05, 4.69) is 5.32 Å². The number of ether oxygens (including phenoxy) is 2. The molecule has 1 amide bonds. The van der Waals surface area contributed by atoms with Crippen LogP contribution in [0, 0.1) is 0 Å². The van der Waals surface area contributed by atoms with Crippen molar-refractivity contribution in [2.75, 3.05) is 19.8 Å². The molecule has 1 aromatic heterocycles. The predicted molar refractivity (Wildman–Crippen MR) is 80.1 cm³/mol. The van der Waals surface area contributed by atoms with Gasteiger partial charge in [-0.2, -0.15) is 0 Å². The van der Waals surface area contributed by atoms with E-state index in [0.29, 0.717) is 26.4 Å². The average Bonchev–Trinajstić information content (AvgIpc) is 3.08. The van der Waals surface area contributed by atoms with E-state index in [-0.39, 0.29) is 18.1 Å². The first-order valence-electron chi connectivity index (χ1n) is 7.30. The number of benzene rings is 1. The summed E-state index contributed by atoms with van der Waals surface area (Å²) in [6.45, 7) is 3.95. The van der Waals surface area contributed by atoms with Gasteiger partial charge in [0.25, 0.3) is 0 Å². The van der Waals surface area contributed by atoms with Crippen LogP contribution in [0.1, 0.15) is 6.92 Å². The molecule has 0 bridgehead atoms. The van der Waals surface area contributed by atoms with Gasteiger partial charge in [0.05, 0.1) is 19.3 Å². The maximum Gasteiger partial charge on any atom is 0.240 e. The Morgan fingerprint density at radius 1 is 1.38 bits per heavy atom. The van der Waals surface area contributed by atoms with Crippen LogP contribution in [0.5, 0.6) is 0 Å². The zero-order valence-electron chi connectivity index (χ0n) is 12.1. The van der Waals surface area contributed by atoms with Crippen molar-refractivity contribution in [3.8, 4) is 0 Å². The van der Waals surface area contributed by atoms with Crippen LogP contribution in [0.25, 0.3) is 10.9 Å². The van der Waals surface area contributed by atoms with Crippen molar-refractivity contribution in [3.63, 3.8) is 0 Å². The molecule has 5 nitrogen and oxygen atoms in total. The molecule has 1 N–H and O–H groups in total. The van der Waals surface area contributed by atoms with Crippen molar-refractivity contribution in [2.24, 2.45) is 0 Å². The molecular formula is C16H20N2O3. The smallest absolute Gasteiger partial charge is 0.240 e. The number of fused-ring (bicyclic) bond motifs is 1. The summed E-state index contributed by atoms with van der Waals surface area (Å²) in [5.41, 5.74) is 1.07. The molecule has 0 aliphatic carbocycles. The normalized spacial score (nSPS) is 21.8. The molecule has 2 aromatic rings. The standard InChI is InChI=1S/C16H20N2O3/c1-2-21-15-11-20-10-13(15)17-16(19)9-18-8-7-12-5-3-4-6-14(12)18/h3-8,13,15H,2,9-11H2,1H3,(H,17,19)/t13-,15-/m0/s1. The molecule has 1 saturated heterocycles. The molecule has 1 aromatic carbocycles. The molecule has 0 spiro atoms. The summed E-state index contributed by atoms with van der Waals surface area (Å²) in [4.78, 5) is 12.2. The quantitative estimate of drug-likeness (QED) is 0.908. The van der Waals surface area contributed by atoms with Gasteiger partial charge in [-0.05, 0) is 24.4 Å². The number of carbonyl (C=O) groups is 1. The molecule has 3 rings (SSSR count). The van der Waals surface area contributed by atoms with Gasteiger partial charge in [-0.1, -0.05) is 18.2 Å². The lowest BCUT2D eigenvalue weighted by molar-refractivity contribution is -0.123. The van der Waals surface area contributed by atoms with Crippen molar-refractivity contribution in [1.29, 1.82) is 0 Å². The van der Waals surface area contributed by atoms with Crippen LogP contribution >= 0.6 is 0 Å². The third-order valence-electron chi connectivity index (χ3n) is 3.75. The zero-order valence-corrected chi connectivity index (χ0v) is 12.1. The number of hydrogen-bond donors (Lipinski definition) is 1. The van der Waals surface area contributed by atoms with E-state index >= 15 is 0 Å². The van der Waals surface area contributed by atoms with Crippen molar-refractivity contribution >= 4 is 16.8 Å². The van der Waals surface area contributed by atoms with E-state index in [0.717, 1.165) is 10.9 Å². The fourth-order valence-electron chi connectivity index (χ4n) is 2.73. The lowest BCUT2D eigenvalue weighted by atomic mass is 10.2. The first kappa shape index (κ1) is 14.1. The number of aromatic nitrogens is 1.